The van der Waals surface area contributed by atoms with E-state index in [9.17, 15) is 4.39 Å². The Kier molecular flexibility index (Phi) is 2.95. The molecule has 0 saturated carbocycles. The summed E-state index contributed by atoms with van der Waals surface area (Å²) in [5.74, 6) is -0.00316. The number of nitrogens with zero attached hydrogens (tertiary/aromatic N) is 1. The summed E-state index contributed by atoms with van der Waals surface area (Å²) in [4.78, 5) is 0. The minimum absolute atomic E-state index is 0.294. The van der Waals surface area contributed by atoms with Crippen LogP contribution in [0.15, 0.2) is 54.7 Å². The van der Waals surface area contributed by atoms with Crippen molar-refractivity contribution in [3.05, 3.63) is 66.1 Å². The third-order valence-corrected chi connectivity index (χ3v) is 3.20. The Bertz CT molecular complexity index is 703. The summed E-state index contributed by atoms with van der Waals surface area (Å²) in [6, 6.07) is 15.1. The van der Waals surface area contributed by atoms with E-state index >= 15 is 0 Å². The van der Waals surface area contributed by atoms with Gasteiger partial charge in [-0.05, 0) is 23.8 Å². The molecule has 2 nitrogen and oxygen atoms in total. The molecule has 3 aromatic rings. The molecule has 2 aromatic carbocycles. The first-order valence-corrected chi connectivity index (χ1v) is 6.16. The van der Waals surface area contributed by atoms with Gasteiger partial charge >= 0.3 is 0 Å². The number of rotatable bonds is 3. The molecule has 19 heavy (non-hydrogen) atoms. The largest absolute Gasteiger partial charge is 0.486 e. The lowest BCUT2D eigenvalue weighted by molar-refractivity contribution is 0.291. The van der Waals surface area contributed by atoms with Crippen molar-refractivity contribution in [2.45, 2.75) is 6.61 Å². The highest BCUT2D eigenvalue weighted by Gasteiger charge is 2.10. The molecular formula is C16H14FNO. The summed E-state index contributed by atoms with van der Waals surface area (Å²) in [7, 11) is 1.90. The molecule has 96 valence electrons. The van der Waals surface area contributed by atoms with Gasteiger partial charge in [0.1, 0.15) is 6.61 Å². The van der Waals surface area contributed by atoms with Gasteiger partial charge in [-0.2, -0.15) is 0 Å². The first-order chi connectivity index (χ1) is 9.25. The van der Waals surface area contributed by atoms with Gasteiger partial charge in [0.15, 0.2) is 11.6 Å². The Morgan fingerprint density at radius 3 is 2.63 bits per heavy atom. The summed E-state index contributed by atoms with van der Waals surface area (Å²) in [6.45, 7) is 0.371. The zero-order valence-corrected chi connectivity index (χ0v) is 10.6. The van der Waals surface area contributed by atoms with Gasteiger partial charge in [0.2, 0.25) is 0 Å². The van der Waals surface area contributed by atoms with Crippen molar-refractivity contribution < 1.29 is 9.13 Å². The fourth-order valence-corrected chi connectivity index (χ4v) is 2.14. The van der Waals surface area contributed by atoms with E-state index in [2.05, 4.69) is 0 Å². The first kappa shape index (κ1) is 11.8. The third-order valence-electron chi connectivity index (χ3n) is 3.20. The molecule has 3 heteroatoms. The fourth-order valence-electron chi connectivity index (χ4n) is 2.14. The molecule has 0 N–H and O–H groups in total. The number of fused-ring (bicyclic) bond motifs is 1. The zero-order valence-electron chi connectivity index (χ0n) is 10.6. The minimum atomic E-state index is -0.297. The third kappa shape index (κ3) is 2.19. The predicted octanol–water partition coefficient (Wildman–Crippen LogP) is 3.90. The summed E-state index contributed by atoms with van der Waals surface area (Å²) < 4.78 is 21.7. The van der Waals surface area contributed by atoms with Crippen LogP contribution in [-0.4, -0.2) is 4.57 Å². The molecule has 0 atom stereocenters. The van der Waals surface area contributed by atoms with Crippen LogP contribution in [0, 0.1) is 5.82 Å². The highest BCUT2D eigenvalue weighted by molar-refractivity contribution is 5.82. The zero-order chi connectivity index (χ0) is 13.2. The number of hydrogen-bond acceptors (Lipinski definition) is 1. The minimum Gasteiger partial charge on any atom is -0.486 e. The standard InChI is InChI=1S/C16H14FNO/c1-18-10-9-13-14(18)7-8-15(16(13)17)19-11-12-5-3-2-4-6-12/h2-10H,11H2,1H3. The molecule has 0 amide bonds. The Hall–Kier alpha value is -2.29. The van der Waals surface area contributed by atoms with E-state index in [1.54, 1.807) is 12.1 Å². The first-order valence-electron chi connectivity index (χ1n) is 6.16. The van der Waals surface area contributed by atoms with E-state index in [-0.39, 0.29) is 5.82 Å². The number of hydrogen-bond donors (Lipinski definition) is 0. The Morgan fingerprint density at radius 2 is 1.84 bits per heavy atom. The van der Waals surface area contributed by atoms with E-state index in [0.717, 1.165) is 11.1 Å². The molecule has 0 fully saturated rings. The molecule has 0 unspecified atom stereocenters. The average molecular weight is 255 g/mol. The lowest BCUT2D eigenvalue weighted by atomic mass is 10.2. The fraction of sp³-hybridized carbons (Fsp3) is 0.125. The van der Waals surface area contributed by atoms with Crippen LogP contribution in [0.4, 0.5) is 4.39 Å². The van der Waals surface area contributed by atoms with Gasteiger partial charge in [-0.25, -0.2) is 4.39 Å². The van der Waals surface area contributed by atoms with E-state index in [1.165, 1.54) is 0 Å². The highest BCUT2D eigenvalue weighted by Crippen LogP contribution is 2.27. The second-order valence-electron chi connectivity index (χ2n) is 4.51. The second-order valence-corrected chi connectivity index (χ2v) is 4.51. The van der Waals surface area contributed by atoms with Crippen LogP contribution >= 0.6 is 0 Å². The average Bonchev–Trinajstić information content (AvgIpc) is 2.82. The Morgan fingerprint density at radius 1 is 1.05 bits per heavy atom. The monoisotopic (exact) mass is 255 g/mol. The van der Waals surface area contributed by atoms with E-state index in [1.807, 2.05) is 54.2 Å². The van der Waals surface area contributed by atoms with Crippen molar-refractivity contribution in [2.24, 2.45) is 7.05 Å². The van der Waals surface area contributed by atoms with Crippen molar-refractivity contribution in [3.63, 3.8) is 0 Å². The summed E-state index contributed by atoms with van der Waals surface area (Å²) in [5, 5.41) is 0.591. The van der Waals surface area contributed by atoms with Gasteiger partial charge in [-0.1, -0.05) is 30.3 Å². The molecule has 0 radical (unpaired) electrons. The molecule has 0 bridgehead atoms. The second kappa shape index (κ2) is 4.76. The van der Waals surface area contributed by atoms with Crippen LogP contribution in [0.2, 0.25) is 0 Å². The van der Waals surface area contributed by atoms with Crippen LogP contribution in [0.1, 0.15) is 5.56 Å². The Balaban J connectivity index is 1.87. The van der Waals surface area contributed by atoms with Crippen molar-refractivity contribution in [3.8, 4) is 5.75 Å². The summed E-state index contributed by atoms with van der Waals surface area (Å²) in [5.41, 5.74) is 1.89. The van der Waals surface area contributed by atoms with Gasteiger partial charge in [0, 0.05) is 18.6 Å². The molecule has 0 aliphatic rings. The molecule has 0 aliphatic carbocycles. The smallest absolute Gasteiger partial charge is 0.174 e. The van der Waals surface area contributed by atoms with Crippen molar-refractivity contribution >= 4 is 10.9 Å². The van der Waals surface area contributed by atoms with Crippen molar-refractivity contribution in [1.29, 1.82) is 0 Å². The van der Waals surface area contributed by atoms with Gasteiger partial charge < -0.3 is 9.30 Å². The topological polar surface area (TPSA) is 14.2 Å². The van der Waals surface area contributed by atoms with Crippen LogP contribution in [0.3, 0.4) is 0 Å². The Labute approximate surface area is 111 Å². The van der Waals surface area contributed by atoms with Gasteiger partial charge in [-0.3, -0.25) is 0 Å². The molecule has 0 aliphatic heterocycles. The van der Waals surface area contributed by atoms with E-state index < -0.39 is 0 Å². The normalized spacial score (nSPS) is 10.8. The lowest BCUT2D eigenvalue weighted by Gasteiger charge is -2.08. The maximum atomic E-state index is 14.2. The van der Waals surface area contributed by atoms with E-state index in [0.29, 0.717) is 17.7 Å². The number of aryl methyl sites for hydroxylation is 1. The number of ether oxygens (including phenoxy) is 1. The quantitative estimate of drug-likeness (QED) is 0.692. The lowest BCUT2D eigenvalue weighted by Crippen LogP contribution is -1.97. The number of aromatic nitrogens is 1. The maximum Gasteiger partial charge on any atom is 0.174 e. The van der Waals surface area contributed by atoms with Crippen LogP contribution in [0.25, 0.3) is 10.9 Å². The van der Waals surface area contributed by atoms with Crippen LogP contribution < -0.4 is 4.74 Å². The van der Waals surface area contributed by atoms with Crippen molar-refractivity contribution in [2.75, 3.05) is 0 Å². The van der Waals surface area contributed by atoms with Gasteiger partial charge in [0.25, 0.3) is 0 Å². The summed E-state index contributed by atoms with van der Waals surface area (Å²) >= 11 is 0. The molecule has 1 aromatic heterocycles. The molecule has 3 rings (SSSR count). The van der Waals surface area contributed by atoms with Crippen LogP contribution in [0.5, 0.6) is 5.75 Å². The predicted molar refractivity (Wildman–Crippen MR) is 73.7 cm³/mol. The van der Waals surface area contributed by atoms with Gasteiger partial charge in [0.05, 0.1) is 5.52 Å². The number of halogens is 1. The van der Waals surface area contributed by atoms with Gasteiger partial charge in [-0.15, -0.1) is 0 Å². The summed E-state index contributed by atoms with van der Waals surface area (Å²) in [6.07, 6.45) is 1.84. The molecular weight excluding hydrogens is 241 g/mol. The number of benzene rings is 2. The SMILES string of the molecule is Cn1ccc2c(F)c(OCc3ccccc3)ccc21. The molecule has 0 saturated heterocycles. The maximum absolute atomic E-state index is 14.2. The highest BCUT2D eigenvalue weighted by atomic mass is 19.1. The molecule has 0 spiro atoms. The van der Waals surface area contributed by atoms with E-state index in [4.69, 9.17) is 4.74 Å². The van der Waals surface area contributed by atoms with Crippen molar-refractivity contribution in [1.82, 2.24) is 4.57 Å². The molecule has 1 heterocycles. The van der Waals surface area contributed by atoms with Crippen LogP contribution in [-0.2, 0) is 13.7 Å².